The monoisotopic (exact) mass is 872 g/mol. The Morgan fingerprint density at radius 1 is 0.565 bits per heavy atom. The molecule has 2 heterocycles. The van der Waals surface area contributed by atoms with Crippen LogP contribution in [0.1, 0.15) is 78.4 Å². The van der Waals surface area contributed by atoms with Crippen molar-refractivity contribution in [1.82, 2.24) is 10.1 Å². The van der Waals surface area contributed by atoms with Crippen LogP contribution in [-0.4, -0.2) is 134 Å². The molecule has 2 amide bonds. The summed E-state index contributed by atoms with van der Waals surface area (Å²) < 4.78 is 20.7. The van der Waals surface area contributed by atoms with Gasteiger partial charge in [-0.2, -0.15) is 0 Å². The number of methoxy groups -OCH3 is 4. The number of hydrogen-bond donors (Lipinski definition) is 0. The van der Waals surface area contributed by atoms with Crippen LogP contribution < -0.4 is 9.47 Å². The molecule has 2 aromatic rings. The van der Waals surface area contributed by atoms with Crippen molar-refractivity contribution in [2.45, 2.75) is 91.5 Å². The molecule has 0 aromatic heterocycles. The lowest BCUT2D eigenvalue weighted by atomic mass is 9.86. The maximum absolute atomic E-state index is 13.9. The summed E-state index contributed by atoms with van der Waals surface area (Å²) in [5.41, 5.74) is -1.87. The summed E-state index contributed by atoms with van der Waals surface area (Å²) in [5, 5.41) is 2.07. The van der Waals surface area contributed by atoms with Crippen molar-refractivity contribution in [1.29, 1.82) is 0 Å². The van der Waals surface area contributed by atoms with E-state index in [1.54, 1.807) is 48.5 Å². The predicted octanol–water partition coefficient (Wildman–Crippen LogP) is 4.24. The van der Waals surface area contributed by atoms with Crippen molar-refractivity contribution in [3.8, 4) is 11.5 Å². The van der Waals surface area contributed by atoms with E-state index in [9.17, 15) is 28.8 Å². The predicted molar refractivity (Wildman–Crippen MR) is 220 cm³/mol. The van der Waals surface area contributed by atoms with Crippen LogP contribution in [0, 0.1) is 11.8 Å². The van der Waals surface area contributed by atoms with Crippen LogP contribution in [0.4, 0.5) is 0 Å². The smallest absolute Gasteiger partial charge is 0.480 e. The number of ether oxygens (including phenoxy) is 4. The highest BCUT2D eigenvalue weighted by Gasteiger charge is 2.59. The zero-order valence-electron chi connectivity index (χ0n) is 37.8. The molecule has 2 saturated heterocycles. The Hall–Kier alpha value is -5.30. The normalized spacial score (nSPS) is 23.5. The lowest BCUT2D eigenvalue weighted by Gasteiger charge is -2.48. The number of quaternary nitrogens is 2. The molecule has 62 heavy (non-hydrogen) atoms. The Kier molecular flexibility index (Phi) is 16.9. The number of rotatable bonds is 18. The molecule has 2 aliphatic rings. The molecule has 4 rings (SSSR count). The third-order valence-corrected chi connectivity index (χ3v) is 11.4. The maximum Gasteiger partial charge on any atom is 0.480 e. The van der Waals surface area contributed by atoms with Crippen molar-refractivity contribution in [3.63, 3.8) is 0 Å². The third kappa shape index (κ3) is 11.2. The van der Waals surface area contributed by atoms with E-state index in [1.165, 1.54) is 42.3 Å². The molecular formula is C44H64N4O14+2. The van der Waals surface area contributed by atoms with Crippen LogP contribution in [0.2, 0.25) is 0 Å². The average Bonchev–Trinajstić information content (AvgIpc) is 3.24. The summed E-state index contributed by atoms with van der Waals surface area (Å²) in [6, 6.07) is 14.2. The van der Waals surface area contributed by atoms with Crippen molar-refractivity contribution in [2.75, 3.05) is 67.7 Å². The quantitative estimate of drug-likeness (QED) is 0.0898. The molecule has 0 N–H and O–H groups in total. The third-order valence-electron chi connectivity index (χ3n) is 11.4. The van der Waals surface area contributed by atoms with Gasteiger partial charge in [0.2, 0.25) is 11.8 Å². The second-order valence-electron chi connectivity index (χ2n) is 16.8. The molecule has 0 atom stereocenters. The fourth-order valence-electron chi connectivity index (χ4n) is 8.71. The van der Waals surface area contributed by atoms with Crippen molar-refractivity contribution in [2.24, 2.45) is 11.8 Å². The summed E-state index contributed by atoms with van der Waals surface area (Å²) in [4.78, 5) is 106. The van der Waals surface area contributed by atoms with E-state index in [-0.39, 0.29) is 99.3 Å². The van der Waals surface area contributed by atoms with E-state index in [1.807, 2.05) is 27.7 Å². The molecule has 2 aromatic carbocycles. The molecule has 0 aliphatic carbocycles. The molecule has 0 spiro atoms. The average molecular weight is 873 g/mol. The van der Waals surface area contributed by atoms with Gasteiger partial charge in [-0.3, -0.25) is 28.9 Å². The van der Waals surface area contributed by atoms with E-state index in [4.69, 9.17) is 38.3 Å². The molecule has 0 saturated carbocycles. The van der Waals surface area contributed by atoms with Gasteiger partial charge in [-0.05, 0) is 12.1 Å². The Morgan fingerprint density at radius 2 is 0.887 bits per heavy atom. The highest BCUT2D eigenvalue weighted by Crippen LogP contribution is 2.38. The highest BCUT2D eigenvalue weighted by atomic mass is 16.8. The first-order valence-electron chi connectivity index (χ1n) is 20.8. The zero-order valence-corrected chi connectivity index (χ0v) is 37.8. The van der Waals surface area contributed by atoms with Gasteiger partial charge in [-0.15, -0.1) is 9.29 Å². The number of hydroxylamine groups is 10. The summed E-state index contributed by atoms with van der Waals surface area (Å²) in [6.07, 6.45) is -0.131. The standard InChI is InChI=1S/C44H64N4O14/c1-31(2)27-47(23-19-43(20-24-47,41(53)57-9)45(33(5)49)59-29-35-15-11-13-17-37(35)55-7)61-39(51)40(52)62-48(28-32(3)4)25-21-44(22-26-48,42(54)58-10)46(34(6)50)60-30-36-16-12-14-18-38(36)56-8/h11-18,31-32H,19-30H2,1-10H3/q+2. The minimum atomic E-state index is -1.58. The van der Waals surface area contributed by atoms with Crippen LogP contribution >= 0.6 is 0 Å². The first kappa shape index (κ1) is 49.4. The van der Waals surface area contributed by atoms with E-state index in [2.05, 4.69) is 0 Å². The van der Waals surface area contributed by atoms with Crippen LogP contribution in [-0.2, 0) is 70.8 Å². The van der Waals surface area contributed by atoms with Gasteiger partial charge in [0, 0.05) is 62.5 Å². The molecule has 18 nitrogen and oxygen atoms in total. The number of benzene rings is 2. The Labute approximate surface area is 363 Å². The van der Waals surface area contributed by atoms with Crippen LogP contribution in [0.3, 0.4) is 0 Å². The van der Waals surface area contributed by atoms with Gasteiger partial charge >= 0.3 is 23.9 Å². The van der Waals surface area contributed by atoms with Gasteiger partial charge in [-0.25, -0.2) is 29.3 Å². The summed E-state index contributed by atoms with van der Waals surface area (Å²) in [6.45, 7) is 10.8. The number of carbonyl (C=O) groups is 6. The van der Waals surface area contributed by atoms with Gasteiger partial charge in [-0.1, -0.05) is 64.1 Å². The topological polar surface area (TPSA) is 183 Å². The number of carbonyl (C=O) groups excluding carboxylic acids is 6. The number of piperidine rings is 2. The number of para-hydroxylation sites is 2. The molecular weight excluding hydrogens is 808 g/mol. The molecule has 0 radical (unpaired) electrons. The van der Waals surface area contributed by atoms with E-state index in [0.29, 0.717) is 22.6 Å². The Balaban J connectivity index is 1.55. The van der Waals surface area contributed by atoms with Crippen LogP contribution in [0.25, 0.3) is 0 Å². The second-order valence-corrected chi connectivity index (χ2v) is 16.8. The lowest BCUT2D eigenvalue weighted by molar-refractivity contribution is -1.10. The number of nitrogens with zero attached hydrogens (tertiary/aromatic N) is 4. The SMILES string of the molecule is COC(=O)C1(N(OCc2ccccc2OC)C(C)=O)CC[N+](CC(C)C)(OC(=O)C(=O)O[N+]2(CC(C)C)CCC(C(=O)OC)(N(OCc3ccccc3OC)C(C)=O)CC2)CC1. The number of esters is 2. The van der Waals surface area contributed by atoms with Crippen molar-refractivity contribution in [3.05, 3.63) is 59.7 Å². The minimum absolute atomic E-state index is 0.0253. The molecule has 0 unspecified atom stereocenters. The van der Waals surface area contributed by atoms with E-state index >= 15 is 0 Å². The first-order chi connectivity index (χ1) is 29.4. The Bertz CT molecular complexity index is 1770. The second kappa shape index (κ2) is 21.2. The van der Waals surface area contributed by atoms with Gasteiger partial charge in [0.05, 0.1) is 28.4 Å². The Morgan fingerprint density at radius 3 is 1.16 bits per heavy atom. The first-order valence-corrected chi connectivity index (χ1v) is 20.8. The summed E-state index contributed by atoms with van der Waals surface area (Å²) in [5.74, 6) is -3.97. The van der Waals surface area contributed by atoms with Gasteiger partial charge in [0.25, 0.3) is 0 Å². The lowest BCUT2D eigenvalue weighted by Crippen LogP contribution is -2.68. The summed E-state index contributed by atoms with van der Waals surface area (Å²) in [7, 11) is 5.48. The van der Waals surface area contributed by atoms with Gasteiger partial charge < -0.3 is 18.9 Å². The fourth-order valence-corrected chi connectivity index (χ4v) is 8.71. The molecule has 18 heteroatoms. The van der Waals surface area contributed by atoms with Gasteiger partial charge in [0.15, 0.2) is 11.1 Å². The van der Waals surface area contributed by atoms with Gasteiger partial charge in [0.1, 0.15) is 64.0 Å². The van der Waals surface area contributed by atoms with Crippen molar-refractivity contribution < 1.29 is 76.4 Å². The zero-order chi connectivity index (χ0) is 45.9. The molecule has 2 fully saturated rings. The summed E-state index contributed by atoms with van der Waals surface area (Å²) >= 11 is 0. The van der Waals surface area contributed by atoms with E-state index in [0.717, 1.165) is 10.1 Å². The van der Waals surface area contributed by atoms with Crippen LogP contribution in [0.5, 0.6) is 11.5 Å². The largest absolute Gasteiger partial charge is 0.496 e. The molecule has 2 aliphatic heterocycles. The highest BCUT2D eigenvalue weighted by molar-refractivity contribution is 6.29. The number of likely N-dealkylation sites (tertiary alicyclic amines) is 2. The molecule has 0 bridgehead atoms. The number of hydrogen-bond acceptors (Lipinski definition) is 14. The van der Waals surface area contributed by atoms with E-state index < -0.39 is 46.8 Å². The molecule has 342 valence electrons. The number of amides is 2. The fraction of sp³-hybridized carbons (Fsp3) is 0.591. The van der Waals surface area contributed by atoms with Crippen LogP contribution in [0.15, 0.2) is 48.5 Å². The minimum Gasteiger partial charge on any atom is -0.496 e. The maximum atomic E-state index is 13.9. The van der Waals surface area contributed by atoms with Crippen molar-refractivity contribution >= 4 is 35.7 Å².